The van der Waals surface area contributed by atoms with E-state index in [0.717, 1.165) is 66.4 Å². The predicted octanol–water partition coefficient (Wildman–Crippen LogP) is 16.0. The Kier molecular flexibility index (Phi) is 52.3. The number of aromatic nitrogens is 9. The van der Waals surface area contributed by atoms with Crippen LogP contribution in [0.5, 0.6) is 0 Å². The molecule has 17 atom stereocenters. The number of carbonyl (C=O) groups is 3. The SMILES string of the molecule is CCC(C)c1cccc(C(C)CC(C)Cn2c(=O)n(CC(C)C)c(=O)n(CC(C)CC(C)(CC)C(=O)OCC(O)C[N+](C)(C)CC)c2=O)c1.CCC(C)c1cccc(C(C)CC(C)Cn2c(=O)n(CC(C)C)c(=O)n(CC(C)CC(C)(CC)C(=O)OCC(O)C[N+](C)(C)CC)c2=O)c1.CCC(CC(C)Cn1c(=O)n(CC(C)C)c(=O)n(CC(C)/C=C/c2cccc(C(C)CC)c2)c1=O)C(=O)OCC(O)C[N+](C)(C)CC. The summed E-state index contributed by atoms with van der Waals surface area (Å²) in [5.41, 5.74) is 0.215. The number of rotatable bonds is 59. The van der Waals surface area contributed by atoms with Crippen LogP contribution in [-0.2, 0) is 87.5 Å². The van der Waals surface area contributed by atoms with Crippen LogP contribution in [0.2, 0.25) is 0 Å². The van der Waals surface area contributed by atoms with Gasteiger partial charge in [-0.15, -0.1) is 0 Å². The minimum absolute atomic E-state index is 0.00117. The Morgan fingerprint density at radius 2 is 0.586 bits per heavy atom. The molecule has 0 amide bonds. The van der Waals surface area contributed by atoms with Gasteiger partial charge in [-0.3, -0.25) is 14.4 Å². The van der Waals surface area contributed by atoms with E-state index in [2.05, 4.69) is 116 Å². The van der Waals surface area contributed by atoms with E-state index in [1.54, 1.807) is 0 Å². The van der Waals surface area contributed by atoms with Gasteiger partial charge in [0.05, 0.1) is 78.7 Å². The number of carbonyl (C=O) groups excluding carboxylic acids is 3. The number of ether oxygens (including phenoxy) is 3. The molecule has 820 valence electrons. The molecule has 3 aromatic carbocycles. The summed E-state index contributed by atoms with van der Waals surface area (Å²) in [5, 5.41) is 31.4. The highest BCUT2D eigenvalue weighted by atomic mass is 16.6. The van der Waals surface area contributed by atoms with Crippen molar-refractivity contribution in [1.82, 2.24) is 41.1 Å². The van der Waals surface area contributed by atoms with E-state index in [9.17, 15) is 72.9 Å². The minimum atomic E-state index is -0.875. The number of aliphatic hydroxyl groups is 3. The summed E-state index contributed by atoms with van der Waals surface area (Å²) in [4.78, 5) is 163. The Morgan fingerprint density at radius 1 is 0.331 bits per heavy atom. The molecule has 0 aliphatic heterocycles. The smallest absolute Gasteiger partial charge is 0.336 e. The van der Waals surface area contributed by atoms with Crippen molar-refractivity contribution >= 4 is 24.0 Å². The first-order valence-electron chi connectivity index (χ1n) is 54.4. The van der Waals surface area contributed by atoms with Crippen molar-refractivity contribution in [1.29, 1.82) is 0 Å². The fraction of sp³-hybridized carbons (Fsp3) is 0.722. The van der Waals surface area contributed by atoms with Gasteiger partial charge >= 0.3 is 69.1 Å². The van der Waals surface area contributed by atoms with E-state index in [1.807, 2.05) is 205 Å². The molecule has 30 nitrogen and oxygen atoms in total. The summed E-state index contributed by atoms with van der Waals surface area (Å²) in [7, 11) is 12.1. The third-order valence-electron chi connectivity index (χ3n) is 29.9. The number of nitrogens with zero attached hydrogens (tertiary/aromatic N) is 12. The topological polar surface area (TPSA) is 338 Å². The van der Waals surface area contributed by atoms with Crippen LogP contribution in [0.1, 0.15) is 327 Å². The molecule has 0 radical (unpaired) electrons. The van der Waals surface area contributed by atoms with Crippen molar-refractivity contribution in [2.75, 3.05) is 101 Å². The zero-order valence-corrected chi connectivity index (χ0v) is 95.8. The molecule has 6 rings (SSSR count). The van der Waals surface area contributed by atoms with Crippen LogP contribution in [0, 0.1) is 70.0 Å². The first-order valence-corrected chi connectivity index (χ1v) is 54.4. The van der Waals surface area contributed by atoms with Gasteiger partial charge < -0.3 is 43.0 Å². The molecule has 17 unspecified atom stereocenters. The highest BCUT2D eigenvalue weighted by molar-refractivity contribution is 5.77. The van der Waals surface area contributed by atoms with Crippen molar-refractivity contribution in [2.45, 2.75) is 371 Å². The molecule has 3 heterocycles. The largest absolute Gasteiger partial charge is 0.462 e. The number of quaternary nitrogens is 3. The van der Waals surface area contributed by atoms with Gasteiger partial charge in [0.25, 0.3) is 0 Å². The number of benzene rings is 3. The second kappa shape index (κ2) is 59.3. The molecular weight excluding hydrogens is 1840 g/mol. The average Bonchev–Trinajstić information content (AvgIpc) is 0.780. The molecule has 3 aromatic heterocycles. The van der Waals surface area contributed by atoms with Gasteiger partial charge in [0.15, 0.2) is 0 Å². The molecule has 0 fully saturated rings. The first kappa shape index (κ1) is 128. The molecule has 30 heteroatoms. The van der Waals surface area contributed by atoms with Crippen LogP contribution in [0.3, 0.4) is 0 Å². The quantitative estimate of drug-likeness (QED) is 0.0181. The van der Waals surface area contributed by atoms with Crippen molar-refractivity contribution in [3.63, 3.8) is 0 Å². The van der Waals surface area contributed by atoms with Gasteiger partial charge in [0.1, 0.15) is 57.8 Å². The van der Waals surface area contributed by atoms with E-state index >= 15 is 0 Å². The summed E-state index contributed by atoms with van der Waals surface area (Å²) in [6.07, 6.45) is 9.04. The van der Waals surface area contributed by atoms with Crippen LogP contribution >= 0.6 is 0 Å². The fourth-order valence-corrected chi connectivity index (χ4v) is 19.0. The zero-order chi connectivity index (χ0) is 110. The highest BCUT2D eigenvalue weighted by Crippen LogP contribution is 2.36. The number of hydrogen-bond acceptors (Lipinski definition) is 18. The summed E-state index contributed by atoms with van der Waals surface area (Å²) in [6, 6.07) is 25.7. The summed E-state index contributed by atoms with van der Waals surface area (Å²) in [5.74, 6) is -0.640. The van der Waals surface area contributed by atoms with Crippen molar-refractivity contribution in [2.24, 2.45) is 70.0 Å². The van der Waals surface area contributed by atoms with Crippen LogP contribution in [0.15, 0.2) is 122 Å². The Hall–Kier alpha value is -9.20. The monoisotopic (exact) mass is 2030 g/mol. The molecule has 0 aliphatic rings. The normalized spacial score (nSPS) is 16.2. The van der Waals surface area contributed by atoms with E-state index in [0.29, 0.717) is 89.4 Å². The van der Waals surface area contributed by atoms with Gasteiger partial charge in [-0.05, 0) is 221 Å². The number of allylic oxidation sites excluding steroid dienone is 1. The van der Waals surface area contributed by atoms with E-state index in [-0.39, 0.29) is 144 Å². The maximum Gasteiger partial charge on any atom is 0.336 e. The van der Waals surface area contributed by atoms with Crippen LogP contribution in [-0.4, -0.2) is 207 Å². The first-order chi connectivity index (χ1) is 67.6. The minimum Gasteiger partial charge on any atom is -0.462 e. The number of likely N-dealkylation sites (N-methyl/N-ethyl adjacent to an activating group) is 3. The zero-order valence-electron chi connectivity index (χ0n) is 95.8. The van der Waals surface area contributed by atoms with Gasteiger partial charge in [-0.1, -0.05) is 244 Å². The van der Waals surface area contributed by atoms with Gasteiger partial charge in [0, 0.05) is 58.9 Å². The van der Waals surface area contributed by atoms with E-state index in [1.165, 1.54) is 59.8 Å². The Bertz CT molecular complexity index is 5430. The maximum absolute atomic E-state index is 13.9. The maximum atomic E-state index is 13.9. The lowest BCUT2D eigenvalue weighted by Crippen LogP contribution is -2.56. The van der Waals surface area contributed by atoms with Gasteiger partial charge in [-0.25, -0.2) is 84.3 Å². The second-order valence-electron chi connectivity index (χ2n) is 47.0. The van der Waals surface area contributed by atoms with Crippen molar-refractivity contribution in [3.05, 3.63) is 207 Å². The number of esters is 3. The van der Waals surface area contributed by atoms with Crippen LogP contribution in [0.4, 0.5) is 0 Å². The third-order valence-corrected chi connectivity index (χ3v) is 29.9. The summed E-state index contributed by atoms with van der Waals surface area (Å²) in [6.45, 7) is 61.3. The van der Waals surface area contributed by atoms with Crippen LogP contribution in [0.25, 0.3) is 6.08 Å². The van der Waals surface area contributed by atoms with Crippen LogP contribution < -0.4 is 51.2 Å². The molecule has 0 saturated heterocycles. The molecule has 0 saturated carbocycles. The van der Waals surface area contributed by atoms with Gasteiger partial charge in [-0.2, -0.15) is 0 Å². The lowest BCUT2D eigenvalue weighted by Gasteiger charge is -2.32. The number of hydrogen-bond donors (Lipinski definition) is 3. The lowest BCUT2D eigenvalue weighted by atomic mass is 9.79. The van der Waals surface area contributed by atoms with Crippen molar-refractivity contribution in [3.8, 4) is 0 Å². The van der Waals surface area contributed by atoms with Crippen molar-refractivity contribution < 1.29 is 57.4 Å². The standard InChI is InChI=1S/2C39H67N4O6.C37H61N4O6/c2*1-13-30(8)32-17-16-18-33(20-32)31(9)19-28(6)23-41-36(46)40(22-27(4)5)37(47)42(38(41)48)24-29(7)21-39(10,14-2)35(45)49-26-34(44)25-43(11,12)15-3;1-11-29(8)32-16-14-15-30(20-32)18-17-27(6)22-39-35(44)38(21-26(4)5)36(45)40(37(39)46)23-28(7)19-31(12-2)34(43)47-25-33(42)24-41(9,10)13-3/h2*16-18,20,27-31,34,44H,13-15,19,21-26H2,1-12H3;14-18,20,26-29,31,33,42H,11-13,19,21-25H2,1-10H3/q3*+1/b;;18-17+. The summed E-state index contributed by atoms with van der Waals surface area (Å²) < 4.78 is 29.2. The fourth-order valence-electron chi connectivity index (χ4n) is 19.0. The van der Waals surface area contributed by atoms with E-state index < -0.39 is 104 Å². The molecule has 3 N–H and O–H groups in total. The highest BCUT2D eigenvalue weighted by Gasteiger charge is 2.39. The Morgan fingerprint density at radius 3 is 0.862 bits per heavy atom. The molecule has 0 aliphatic carbocycles. The average molecular weight is 2030 g/mol. The molecule has 145 heavy (non-hydrogen) atoms. The van der Waals surface area contributed by atoms with Gasteiger partial charge in [0.2, 0.25) is 0 Å². The number of aliphatic hydroxyl groups excluding tert-OH is 3. The third kappa shape index (κ3) is 39.7. The molecule has 0 bridgehead atoms. The summed E-state index contributed by atoms with van der Waals surface area (Å²) >= 11 is 0. The molecule has 0 spiro atoms. The Labute approximate surface area is 867 Å². The molecule has 6 aromatic rings. The lowest BCUT2D eigenvalue weighted by molar-refractivity contribution is -0.891. The van der Waals surface area contributed by atoms with E-state index in [4.69, 9.17) is 14.2 Å². The predicted molar refractivity (Wildman–Crippen MR) is 586 cm³/mol. The molecular formula is C115H195N12O18+3. The second-order valence-corrected chi connectivity index (χ2v) is 47.0. The Balaban J connectivity index is 0.000000453.